The van der Waals surface area contributed by atoms with Crippen molar-refractivity contribution in [2.24, 2.45) is 0 Å². The van der Waals surface area contributed by atoms with Crippen molar-refractivity contribution in [1.82, 2.24) is 10.2 Å². The Morgan fingerprint density at radius 1 is 1.22 bits per heavy atom. The van der Waals surface area contributed by atoms with Crippen molar-refractivity contribution in [3.05, 3.63) is 35.4 Å². The van der Waals surface area contributed by atoms with E-state index in [0.717, 1.165) is 19.4 Å². The van der Waals surface area contributed by atoms with Crippen molar-refractivity contribution in [2.75, 3.05) is 20.6 Å². The molecule has 0 spiro atoms. The lowest BCUT2D eigenvalue weighted by atomic mass is 9.94. The van der Waals surface area contributed by atoms with Gasteiger partial charge in [0.05, 0.1) is 17.2 Å². The van der Waals surface area contributed by atoms with Crippen LogP contribution in [-0.2, 0) is 11.2 Å². The summed E-state index contributed by atoms with van der Waals surface area (Å²) in [7, 11) is 4.13. The van der Waals surface area contributed by atoms with E-state index in [1.807, 2.05) is 38.1 Å². The van der Waals surface area contributed by atoms with E-state index in [0.29, 0.717) is 5.56 Å². The molecule has 1 aromatic rings. The highest BCUT2D eigenvalue weighted by Gasteiger charge is 2.46. The molecule has 1 N–H and O–H groups in total. The monoisotopic (exact) mass is 318 g/mol. The Kier molecular flexibility index (Phi) is 5.17. The van der Waals surface area contributed by atoms with Gasteiger partial charge in [0, 0.05) is 12.1 Å². The average molecular weight is 318 g/mol. The molecular formula is C19H30N2O2. The Hall–Kier alpha value is -1.39. The molecular weight excluding hydrogens is 288 g/mol. The summed E-state index contributed by atoms with van der Waals surface area (Å²) in [6, 6.07) is 7.93. The lowest BCUT2D eigenvalue weighted by molar-refractivity contribution is -0.0693. The van der Waals surface area contributed by atoms with Gasteiger partial charge in [0.25, 0.3) is 5.91 Å². The number of carbonyl (C=O) groups is 1. The van der Waals surface area contributed by atoms with Gasteiger partial charge in [-0.15, -0.1) is 0 Å². The van der Waals surface area contributed by atoms with Gasteiger partial charge in [-0.1, -0.05) is 12.1 Å². The minimum atomic E-state index is -0.342. The molecule has 0 unspecified atom stereocenters. The Bertz CT molecular complexity index is 547. The summed E-state index contributed by atoms with van der Waals surface area (Å²) in [4.78, 5) is 14.7. The molecule has 0 aromatic heterocycles. The molecule has 4 nitrogen and oxygen atoms in total. The Morgan fingerprint density at radius 2 is 1.83 bits per heavy atom. The zero-order chi connectivity index (χ0) is 17.3. The fourth-order valence-electron chi connectivity index (χ4n) is 3.20. The van der Waals surface area contributed by atoms with Gasteiger partial charge in [0.2, 0.25) is 0 Å². The van der Waals surface area contributed by atoms with Crippen LogP contribution in [0.2, 0.25) is 0 Å². The molecule has 1 aliphatic rings. The summed E-state index contributed by atoms with van der Waals surface area (Å²) in [5.41, 5.74) is 1.42. The molecule has 2 rings (SSSR count). The number of likely N-dealkylation sites (N-methyl/N-ethyl adjacent to an activating group) is 1. The van der Waals surface area contributed by atoms with Crippen LogP contribution in [0.4, 0.5) is 0 Å². The van der Waals surface area contributed by atoms with E-state index < -0.39 is 0 Å². The first-order valence-electron chi connectivity index (χ1n) is 8.34. The van der Waals surface area contributed by atoms with E-state index >= 15 is 0 Å². The second-order valence-electron chi connectivity index (χ2n) is 7.95. The molecule has 1 aromatic carbocycles. The van der Waals surface area contributed by atoms with Crippen molar-refractivity contribution >= 4 is 5.91 Å². The summed E-state index contributed by atoms with van der Waals surface area (Å²) in [6.45, 7) is 9.23. The van der Waals surface area contributed by atoms with Gasteiger partial charge in [0.15, 0.2) is 0 Å². The van der Waals surface area contributed by atoms with Gasteiger partial charge in [-0.05, 0) is 72.3 Å². The van der Waals surface area contributed by atoms with Crippen molar-refractivity contribution in [3.8, 4) is 0 Å². The fraction of sp³-hybridized carbons (Fsp3) is 0.632. The summed E-state index contributed by atoms with van der Waals surface area (Å²) in [5.74, 6) is -0.0245. The number of nitrogens with zero attached hydrogens (tertiary/aromatic N) is 1. The van der Waals surface area contributed by atoms with Gasteiger partial charge in [-0.3, -0.25) is 4.79 Å². The number of nitrogens with one attached hydrogen (secondary N) is 1. The average Bonchev–Trinajstić information content (AvgIpc) is 2.64. The predicted octanol–water partition coefficient (Wildman–Crippen LogP) is 2.87. The highest BCUT2D eigenvalue weighted by atomic mass is 16.5. The fourth-order valence-corrected chi connectivity index (χ4v) is 3.20. The van der Waals surface area contributed by atoms with Crippen molar-refractivity contribution < 1.29 is 9.53 Å². The van der Waals surface area contributed by atoms with Crippen molar-refractivity contribution in [1.29, 1.82) is 0 Å². The smallest absolute Gasteiger partial charge is 0.251 e. The summed E-state index contributed by atoms with van der Waals surface area (Å²) in [6.07, 6.45) is 1.82. The molecule has 128 valence electrons. The maximum Gasteiger partial charge on any atom is 0.251 e. The van der Waals surface area contributed by atoms with Crippen LogP contribution in [0.3, 0.4) is 0 Å². The zero-order valence-electron chi connectivity index (χ0n) is 15.3. The maximum absolute atomic E-state index is 12.5. The van der Waals surface area contributed by atoms with E-state index in [4.69, 9.17) is 4.74 Å². The molecule has 1 atom stereocenters. The number of ether oxygens (including phenoxy) is 1. The molecule has 0 radical (unpaired) electrons. The van der Waals surface area contributed by atoms with Gasteiger partial charge >= 0.3 is 0 Å². The second kappa shape index (κ2) is 6.62. The first kappa shape index (κ1) is 18.0. The molecule has 1 heterocycles. The van der Waals surface area contributed by atoms with E-state index in [-0.39, 0.29) is 23.2 Å². The third-order valence-electron chi connectivity index (χ3n) is 4.44. The standard InChI is InChI=1S/C19H30N2O2/c1-18(2)13-16(19(3,4)23-18)20-17(22)15-9-7-14(8-10-15)11-12-21(5)6/h7-10,16H,11-13H2,1-6H3,(H,20,22)/t16-/m1/s1. The van der Waals surface area contributed by atoms with Crippen molar-refractivity contribution in [3.63, 3.8) is 0 Å². The highest BCUT2D eigenvalue weighted by molar-refractivity contribution is 5.94. The minimum absolute atomic E-state index is 0.0245. The predicted molar refractivity (Wildman–Crippen MR) is 93.8 cm³/mol. The van der Waals surface area contributed by atoms with Gasteiger partial charge < -0.3 is 15.0 Å². The topological polar surface area (TPSA) is 41.6 Å². The summed E-state index contributed by atoms with van der Waals surface area (Å²) >= 11 is 0. The molecule has 1 fully saturated rings. The van der Waals surface area contributed by atoms with Crippen LogP contribution in [0.5, 0.6) is 0 Å². The minimum Gasteiger partial charge on any atom is -0.367 e. The molecule has 1 saturated heterocycles. The zero-order valence-corrected chi connectivity index (χ0v) is 15.3. The first-order valence-corrected chi connectivity index (χ1v) is 8.34. The molecule has 0 saturated carbocycles. The molecule has 1 amide bonds. The maximum atomic E-state index is 12.5. The quantitative estimate of drug-likeness (QED) is 0.907. The summed E-state index contributed by atoms with van der Waals surface area (Å²) in [5, 5.41) is 3.14. The third kappa shape index (κ3) is 4.79. The number of benzene rings is 1. The number of hydrogen-bond donors (Lipinski definition) is 1. The van der Waals surface area contributed by atoms with Crippen LogP contribution in [0, 0.1) is 0 Å². The Morgan fingerprint density at radius 3 is 2.30 bits per heavy atom. The van der Waals surface area contributed by atoms with Crippen molar-refractivity contribution in [2.45, 2.75) is 57.8 Å². The SMILES string of the molecule is CN(C)CCc1ccc(C(=O)N[C@@H]2CC(C)(C)OC2(C)C)cc1. The normalized spacial score (nSPS) is 22.3. The van der Waals surface area contributed by atoms with Crippen LogP contribution in [0.1, 0.15) is 50.0 Å². The van der Waals surface area contributed by atoms with Gasteiger partial charge in [0.1, 0.15) is 0 Å². The van der Waals surface area contributed by atoms with Crippen LogP contribution in [0.15, 0.2) is 24.3 Å². The number of amides is 1. The first-order chi connectivity index (χ1) is 10.6. The van der Waals surface area contributed by atoms with Crippen LogP contribution >= 0.6 is 0 Å². The highest BCUT2D eigenvalue weighted by Crippen LogP contribution is 2.37. The van der Waals surface area contributed by atoms with E-state index in [2.05, 4.69) is 38.2 Å². The number of carbonyl (C=O) groups excluding carboxylic acids is 1. The third-order valence-corrected chi connectivity index (χ3v) is 4.44. The second-order valence-corrected chi connectivity index (χ2v) is 7.95. The van der Waals surface area contributed by atoms with E-state index in [1.54, 1.807) is 0 Å². The Balaban J connectivity index is 1.98. The van der Waals surface area contributed by atoms with Gasteiger partial charge in [-0.2, -0.15) is 0 Å². The van der Waals surface area contributed by atoms with E-state index in [1.165, 1.54) is 5.56 Å². The molecule has 4 heteroatoms. The molecule has 0 aliphatic carbocycles. The van der Waals surface area contributed by atoms with E-state index in [9.17, 15) is 4.79 Å². The molecule has 23 heavy (non-hydrogen) atoms. The number of hydrogen-bond acceptors (Lipinski definition) is 3. The number of rotatable bonds is 5. The van der Waals surface area contributed by atoms with Crippen LogP contribution in [-0.4, -0.2) is 48.7 Å². The molecule has 0 bridgehead atoms. The van der Waals surface area contributed by atoms with Crippen LogP contribution < -0.4 is 5.32 Å². The lowest BCUT2D eigenvalue weighted by Gasteiger charge is -2.27. The largest absolute Gasteiger partial charge is 0.367 e. The molecule has 1 aliphatic heterocycles. The lowest BCUT2D eigenvalue weighted by Crippen LogP contribution is -2.46. The van der Waals surface area contributed by atoms with Crippen LogP contribution in [0.25, 0.3) is 0 Å². The summed E-state index contributed by atoms with van der Waals surface area (Å²) < 4.78 is 6.04. The van der Waals surface area contributed by atoms with Gasteiger partial charge in [-0.25, -0.2) is 0 Å². The Labute approximate surface area is 140 Å².